The van der Waals surface area contributed by atoms with E-state index in [1.165, 1.54) is 32.1 Å². The first-order valence-corrected chi connectivity index (χ1v) is 7.50. The molecular formula is C15H28N4. The van der Waals surface area contributed by atoms with Gasteiger partial charge in [-0.1, -0.05) is 26.7 Å². The Kier molecular flexibility index (Phi) is 4.63. The second-order valence-electron chi connectivity index (χ2n) is 6.55. The largest absolute Gasteiger partial charge is 0.338 e. The molecule has 4 nitrogen and oxygen atoms in total. The molecule has 2 rings (SSSR count). The van der Waals surface area contributed by atoms with Crippen molar-refractivity contribution in [1.29, 1.82) is 0 Å². The minimum absolute atomic E-state index is 0.332. The van der Waals surface area contributed by atoms with Crippen molar-refractivity contribution < 1.29 is 0 Å². The van der Waals surface area contributed by atoms with E-state index in [2.05, 4.69) is 35.9 Å². The Bertz CT molecular complexity index is 391. The van der Waals surface area contributed by atoms with Gasteiger partial charge >= 0.3 is 0 Å². The summed E-state index contributed by atoms with van der Waals surface area (Å²) in [4.78, 5) is 4.45. The number of aromatic nitrogens is 2. The van der Waals surface area contributed by atoms with Crippen molar-refractivity contribution in [2.75, 3.05) is 0 Å². The Morgan fingerprint density at radius 3 is 2.58 bits per heavy atom. The van der Waals surface area contributed by atoms with Gasteiger partial charge in [0.15, 0.2) is 0 Å². The first-order valence-electron chi connectivity index (χ1n) is 7.50. The van der Waals surface area contributed by atoms with Crippen LogP contribution in [0.1, 0.15) is 51.8 Å². The summed E-state index contributed by atoms with van der Waals surface area (Å²) in [6.07, 6.45) is 11.3. The summed E-state index contributed by atoms with van der Waals surface area (Å²) in [5.74, 6) is 7.73. The molecule has 4 heteroatoms. The van der Waals surface area contributed by atoms with Gasteiger partial charge < -0.3 is 4.57 Å². The summed E-state index contributed by atoms with van der Waals surface area (Å²) in [6.45, 7) is 4.63. The topological polar surface area (TPSA) is 55.9 Å². The van der Waals surface area contributed by atoms with Crippen LogP contribution in [0.25, 0.3) is 0 Å². The van der Waals surface area contributed by atoms with Crippen LogP contribution in [-0.4, -0.2) is 15.6 Å². The summed E-state index contributed by atoms with van der Waals surface area (Å²) in [5.41, 5.74) is 3.46. The second kappa shape index (κ2) is 6.06. The smallest absolute Gasteiger partial charge is 0.109 e. The Labute approximate surface area is 116 Å². The molecule has 0 spiro atoms. The van der Waals surface area contributed by atoms with Crippen LogP contribution in [-0.2, 0) is 13.5 Å². The van der Waals surface area contributed by atoms with Crippen LogP contribution in [0.15, 0.2) is 12.4 Å². The molecule has 108 valence electrons. The molecule has 1 fully saturated rings. The second-order valence-corrected chi connectivity index (χ2v) is 6.55. The number of hydrazine groups is 1. The highest BCUT2D eigenvalue weighted by molar-refractivity contribution is 5.02. The summed E-state index contributed by atoms with van der Waals surface area (Å²) < 4.78 is 2.10. The zero-order chi connectivity index (χ0) is 13.9. The van der Waals surface area contributed by atoms with Gasteiger partial charge in [-0.3, -0.25) is 11.3 Å². The molecule has 1 heterocycles. The average Bonchev–Trinajstić information content (AvgIpc) is 2.96. The summed E-state index contributed by atoms with van der Waals surface area (Å²) in [6, 6.07) is 0.332. The van der Waals surface area contributed by atoms with Crippen LogP contribution in [0.4, 0.5) is 0 Å². The number of nitrogens with two attached hydrogens (primary N) is 1. The van der Waals surface area contributed by atoms with E-state index in [4.69, 9.17) is 5.84 Å². The van der Waals surface area contributed by atoms with Crippen molar-refractivity contribution in [3.8, 4) is 0 Å². The van der Waals surface area contributed by atoms with Crippen LogP contribution < -0.4 is 11.3 Å². The molecule has 1 aliphatic carbocycles. The summed E-state index contributed by atoms with van der Waals surface area (Å²) >= 11 is 0. The van der Waals surface area contributed by atoms with E-state index in [1.54, 1.807) is 0 Å². The predicted octanol–water partition coefficient (Wildman–Crippen LogP) is 2.40. The van der Waals surface area contributed by atoms with Gasteiger partial charge in [0.1, 0.15) is 5.82 Å². The fraction of sp³-hybridized carbons (Fsp3) is 0.800. The zero-order valence-corrected chi connectivity index (χ0v) is 12.5. The Hall–Kier alpha value is -0.870. The van der Waals surface area contributed by atoms with Gasteiger partial charge in [0.2, 0.25) is 0 Å². The molecule has 1 atom stereocenters. The lowest BCUT2D eigenvalue weighted by Gasteiger charge is -2.38. The number of hydrogen-bond acceptors (Lipinski definition) is 3. The molecule has 0 saturated heterocycles. The van der Waals surface area contributed by atoms with E-state index in [-0.39, 0.29) is 0 Å². The van der Waals surface area contributed by atoms with Crippen LogP contribution in [0, 0.1) is 11.3 Å². The first kappa shape index (κ1) is 14.5. The third-order valence-corrected chi connectivity index (χ3v) is 4.66. The number of nitrogens with zero attached hydrogens (tertiary/aromatic N) is 2. The van der Waals surface area contributed by atoms with Crippen LogP contribution in [0.5, 0.6) is 0 Å². The third-order valence-electron chi connectivity index (χ3n) is 4.66. The van der Waals surface area contributed by atoms with E-state index < -0.39 is 0 Å². The third kappa shape index (κ3) is 3.18. The molecule has 0 bridgehead atoms. The van der Waals surface area contributed by atoms with Crippen molar-refractivity contribution in [3.63, 3.8) is 0 Å². The lowest BCUT2D eigenvalue weighted by atomic mass is 9.71. The zero-order valence-electron chi connectivity index (χ0n) is 12.5. The lowest BCUT2D eigenvalue weighted by Crippen LogP contribution is -2.49. The minimum Gasteiger partial charge on any atom is -0.338 e. The first-order chi connectivity index (χ1) is 9.07. The predicted molar refractivity (Wildman–Crippen MR) is 78.4 cm³/mol. The molecule has 3 N–H and O–H groups in total. The Balaban J connectivity index is 2.15. The van der Waals surface area contributed by atoms with E-state index in [9.17, 15) is 0 Å². The fourth-order valence-corrected chi connectivity index (χ4v) is 3.81. The van der Waals surface area contributed by atoms with Crippen molar-refractivity contribution in [2.45, 2.75) is 58.4 Å². The van der Waals surface area contributed by atoms with Gasteiger partial charge in [-0.05, 0) is 30.6 Å². The van der Waals surface area contributed by atoms with E-state index in [0.717, 1.165) is 18.2 Å². The van der Waals surface area contributed by atoms with Crippen molar-refractivity contribution in [2.24, 2.45) is 24.2 Å². The van der Waals surface area contributed by atoms with Gasteiger partial charge in [0.05, 0.1) is 0 Å². The van der Waals surface area contributed by atoms with E-state index in [1.807, 2.05) is 12.4 Å². The molecule has 0 aliphatic heterocycles. The Morgan fingerprint density at radius 2 is 2.11 bits per heavy atom. The molecule has 0 aromatic carbocycles. The maximum Gasteiger partial charge on any atom is 0.109 e. The van der Waals surface area contributed by atoms with Crippen molar-refractivity contribution >= 4 is 0 Å². The van der Waals surface area contributed by atoms with Crippen molar-refractivity contribution in [1.82, 2.24) is 15.0 Å². The highest BCUT2D eigenvalue weighted by Gasteiger charge is 2.41. The molecule has 0 radical (unpaired) electrons. The SMILES string of the molecule is CC(C)CC1(C(Cc2nccn2C)NN)CCCC1. The van der Waals surface area contributed by atoms with Gasteiger partial charge in [-0.25, -0.2) is 4.98 Å². The Morgan fingerprint density at radius 1 is 1.42 bits per heavy atom. The average molecular weight is 264 g/mol. The van der Waals surface area contributed by atoms with Crippen LogP contribution in [0.2, 0.25) is 0 Å². The quantitative estimate of drug-likeness (QED) is 0.613. The maximum absolute atomic E-state index is 5.89. The van der Waals surface area contributed by atoms with Gasteiger partial charge in [-0.2, -0.15) is 0 Å². The van der Waals surface area contributed by atoms with Crippen molar-refractivity contribution in [3.05, 3.63) is 18.2 Å². The number of nitrogens with one attached hydrogen (secondary N) is 1. The molecule has 19 heavy (non-hydrogen) atoms. The molecule has 1 aromatic rings. The fourth-order valence-electron chi connectivity index (χ4n) is 3.81. The minimum atomic E-state index is 0.332. The highest BCUT2D eigenvalue weighted by Crippen LogP contribution is 2.46. The summed E-state index contributed by atoms with van der Waals surface area (Å²) in [5, 5.41) is 0. The van der Waals surface area contributed by atoms with E-state index >= 15 is 0 Å². The number of hydrogen-bond donors (Lipinski definition) is 2. The molecule has 1 unspecified atom stereocenters. The normalized spacial score (nSPS) is 20.1. The molecule has 0 amide bonds. The summed E-state index contributed by atoms with van der Waals surface area (Å²) in [7, 11) is 2.06. The number of aryl methyl sites for hydroxylation is 1. The monoisotopic (exact) mass is 264 g/mol. The van der Waals surface area contributed by atoms with Gasteiger partial charge in [0.25, 0.3) is 0 Å². The standard InChI is InChI=1S/C15H28N4/c1-12(2)11-15(6-4-5-7-15)13(18-16)10-14-17-8-9-19(14)3/h8-9,12-13,18H,4-7,10-11,16H2,1-3H3. The highest BCUT2D eigenvalue weighted by atomic mass is 15.2. The number of rotatable bonds is 6. The number of imidazole rings is 1. The van der Waals surface area contributed by atoms with E-state index in [0.29, 0.717) is 11.5 Å². The molecule has 1 aliphatic rings. The van der Waals surface area contributed by atoms with Crippen LogP contribution in [0.3, 0.4) is 0 Å². The molecule has 1 saturated carbocycles. The lowest BCUT2D eigenvalue weighted by molar-refractivity contribution is 0.152. The maximum atomic E-state index is 5.89. The van der Waals surface area contributed by atoms with Crippen LogP contribution >= 0.6 is 0 Å². The van der Waals surface area contributed by atoms with Gasteiger partial charge in [-0.15, -0.1) is 0 Å². The molecular weight excluding hydrogens is 236 g/mol. The van der Waals surface area contributed by atoms with Gasteiger partial charge in [0, 0.05) is 31.9 Å². The molecule has 1 aromatic heterocycles.